The zero-order valence-corrected chi connectivity index (χ0v) is 9.77. The van der Waals surface area contributed by atoms with Crippen molar-refractivity contribution >= 4 is 12.4 Å². The van der Waals surface area contributed by atoms with Gasteiger partial charge < -0.3 is 5.32 Å². The third-order valence-electron chi connectivity index (χ3n) is 3.01. The van der Waals surface area contributed by atoms with E-state index in [0.29, 0.717) is 25.9 Å². The van der Waals surface area contributed by atoms with Gasteiger partial charge in [0.1, 0.15) is 0 Å². The van der Waals surface area contributed by atoms with E-state index in [1.54, 1.807) is 18.2 Å². The summed E-state index contributed by atoms with van der Waals surface area (Å²) in [6.45, 7) is 1.40. The van der Waals surface area contributed by atoms with E-state index < -0.39 is 11.8 Å². The predicted octanol–water partition coefficient (Wildman–Crippen LogP) is 3.20. The van der Waals surface area contributed by atoms with Crippen LogP contribution in [0.5, 0.6) is 0 Å². The van der Waals surface area contributed by atoms with Gasteiger partial charge in [0.05, 0.1) is 0 Å². The molecule has 1 aliphatic heterocycles. The molecule has 1 nitrogen and oxygen atoms in total. The van der Waals surface area contributed by atoms with Gasteiger partial charge in [0, 0.05) is 11.5 Å². The van der Waals surface area contributed by atoms with E-state index >= 15 is 0 Å². The third kappa shape index (κ3) is 2.71. The second kappa shape index (κ2) is 5.60. The first kappa shape index (κ1) is 13.4. The summed E-state index contributed by atoms with van der Waals surface area (Å²) in [6, 6.07) is 8.14. The molecule has 0 bridgehead atoms. The molecule has 0 radical (unpaired) electrons. The molecule has 2 rings (SSSR count). The molecule has 0 unspecified atom stereocenters. The Labute approximate surface area is 101 Å². The lowest BCUT2D eigenvalue weighted by Crippen LogP contribution is -2.36. The van der Waals surface area contributed by atoms with Gasteiger partial charge in [0.25, 0.3) is 5.92 Å². The van der Waals surface area contributed by atoms with Gasteiger partial charge in [-0.15, -0.1) is 12.4 Å². The van der Waals surface area contributed by atoms with Gasteiger partial charge in [0.15, 0.2) is 0 Å². The van der Waals surface area contributed by atoms with E-state index in [9.17, 15) is 8.78 Å². The van der Waals surface area contributed by atoms with Gasteiger partial charge >= 0.3 is 0 Å². The van der Waals surface area contributed by atoms with Crippen molar-refractivity contribution in [3.8, 4) is 0 Å². The number of nitrogens with one attached hydrogen (secondary N) is 1. The maximum Gasteiger partial charge on any atom is 0.276 e. The zero-order chi connectivity index (χ0) is 10.7. The zero-order valence-electron chi connectivity index (χ0n) is 8.96. The van der Waals surface area contributed by atoms with E-state index in [2.05, 4.69) is 5.32 Å². The Morgan fingerprint density at radius 1 is 1.06 bits per heavy atom. The molecule has 1 aromatic carbocycles. The number of halogens is 3. The summed E-state index contributed by atoms with van der Waals surface area (Å²) in [5, 5.41) is 3.10. The van der Waals surface area contributed by atoms with Gasteiger partial charge in [-0.05, 0) is 25.9 Å². The van der Waals surface area contributed by atoms with Crippen LogP contribution in [-0.4, -0.2) is 13.1 Å². The standard InChI is InChI=1S/C12H15F2N.ClH/c13-12(14,10-4-2-1-3-5-10)11-6-8-15-9-7-11;/h1-5,11,15H,6-9H2;1H. The van der Waals surface area contributed by atoms with Crippen LogP contribution in [0.4, 0.5) is 8.78 Å². The molecule has 1 heterocycles. The van der Waals surface area contributed by atoms with Gasteiger partial charge in [-0.2, -0.15) is 0 Å². The summed E-state index contributed by atoms with van der Waals surface area (Å²) in [6.07, 6.45) is 1.11. The molecule has 0 aliphatic carbocycles. The van der Waals surface area contributed by atoms with Crippen LogP contribution in [0.1, 0.15) is 18.4 Å². The first-order chi connectivity index (χ1) is 7.21. The van der Waals surface area contributed by atoms with Crippen LogP contribution >= 0.6 is 12.4 Å². The van der Waals surface area contributed by atoms with Crippen LogP contribution in [0.2, 0.25) is 0 Å². The molecule has 4 heteroatoms. The molecule has 1 N–H and O–H groups in total. The van der Waals surface area contributed by atoms with Crippen molar-refractivity contribution in [2.45, 2.75) is 18.8 Å². The maximum atomic E-state index is 14.0. The normalized spacial score (nSPS) is 17.9. The fourth-order valence-corrected chi connectivity index (χ4v) is 2.08. The number of hydrogen-bond donors (Lipinski definition) is 1. The van der Waals surface area contributed by atoms with Crippen LogP contribution in [0.25, 0.3) is 0 Å². The average molecular weight is 248 g/mol. The Morgan fingerprint density at radius 3 is 2.19 bits per heavy atom. The molecule has 16 heavy (non-hydrogen) atoms. The quantitative estimate of drug-likeness (QED) is 0.846. The highest BCUT2D eigenvalue weighted by Crippen LogP contribution is 2.40. The lowest BCUT2D eigenvalue weighted by atomic mass is 9.87. The lowest BCUT2D eigenvalue weighted by molar-refractivity contribution is -0.0753. The number of piperidine rings is 1. The van der Waals surface area contributed by atoms with E-state index in [0.717, 1.165) is 0 Å². The van der Waals surface area contributed by atoms with E-state index in [1.807, 2.05) is 0 Å². The van der Waals surface area contributed by atoms with Gasteiger partial charge in [0.2, 0.25) is 0 Å². The topological polar surface area (TPSA) is 12.0 Å². The van der Waals surface area contributed by atoms with Crippen molar-refractivity contribution in [1.82, 2.24) is 5.32 Å². The first-order valence-electron chi connectivity index (χ1n) is 5.35. The molecule has 0 atom stereocenters. The molecule has 0 amide bonds. The average Bonchev–Trinajstić information content (AvgIpc) is 2.31. The second-order valence-corrected chi connectivity index (χ2v) is 4.01. The molecular weight excluding hydrogens is 232 g/mol. The Bertz CT molecular complexity index is 310. The van der Waals surface area contributed by atoms with Crippen molar-refractivity contribution < 1.29 is 8.78 Å². The van der Waals surface area contributed by atoms with Crippen molar-refractivity contribution in [1.29, 1.82) is 0 Å². The summed E-state index contributed by atoms with van der Waals surface area (Å²) < 4.78 is 28.0. The highest BCUT2D eigenvalue weighted by Gasteiger charge is 2.41. The minimum Gasteiger partial charge on any atom is -0.317 e. The fraction of sp³-hybridized carbons (Fsp3) is 0.500. The van der Waals surface area contributed by atoms with Crippen LogP contribution in [0, 0.1) is 5.92 Å². The van der Waals surface area contributed by atoms with Crippen LogP contribution in [-0.2, 0) is 5.92 Å². The first-order valence-corrected chi connectivity index (χ1v) is 5.35. The van der Waals surface area contributed by atoms with E-state index in [1.165, 1.54) is 12.1 Å². The van der Waals surface area contributed by atoms with Crippen LogP contribution in [0.3, 0.4) is 0 Å². The molecular formula is C12H16ClF2N. The molecule has 1 aliphatic rings. The predicted molar refractivity (Wildman–Crippen MR) is 63.2 cm³/mol. The molecule has 0 aromatic heterocycles. The van der Waals surface area contributed by atoms with Crippen LogP contribution < -0.4 is 5.32 Å². The molecule has 90 valence electrons. The molecule has 1 aromatic rings. The number of benzene rings is 1. The van der Waals surface area contributed by atoms with Crippen molar-refractivity contribution in [3.63, 3.8) is 0 Å². The Hall–Kier alpha value is -0.670. The number of alkyl halides is 2. The Morgan fingerprint density at radius 2 is 1.62 bits per heavy atom. The summed E-state index contributed by atoms with van der Waals surface area (Å²) >= 11 is 0. The molecule has 1 fully saturated rings. The lowest BCUT2D eigenvalue weighted by Gasteiger charge is -2.30. The second-order valence-electron chi connectivity index (χ2n) is 4.01. The highest BCUT2D eigenvalue weighted by molar-refractivity contribution is 5.85. The summed E-state index contributed by atoms with van der Waals surface area (Å²) in [7, 11) is 0. The van der Waals surface area contributed by atoms with E-state index in [4.69, 9.17) is 0 Å². The summed E-state index contributed by atoms with van der Waals surface area (Å²) in [5.41, 5.74) is 0.150. The summed E-state index contributed by atoms with van der Waals surface area (Å²) in [4.78, 5) is 0. The minimum absolute atomic E-state index is 0. The minimum atomic E-state index is -2.68. The Kier molecular flexibility index (Phi) is 4.69. The van der Waals surface area contributed by atoms with Gasteiger partial charge in [-0.3, -0.25) is 0 Å². The number of rotatable bonds is 2. The molecule has 0 saturated carbocycles. The maximum absolute atomic E-state index is 14.0. The monoisotopic (exact) mass is 247 g/mol. The fourth-order valence-electron chi connectivity index (χ4n) is 2.08. The largest absolute Gasteiger partial charge is 0.317 e. The van der Waals surface area contributed by atoms with Gasteiger partial charge in [-0.25, -0.2) is 8.78 Å². The molecule has 0 spiro atoms. The van der Waals surface area contributed by atoms with Crippen LogP contribution in [0.15, 0.2) is 30.3 Å². The third-order valence-corrected chi connectivity index (χ3v) is 3.01. The Balaban J connectivity index is 0.00000128. The number of hydrogen-bond acceptors (Lipinski definition) is 1. The van der Waals surface area contributed by atoms with E-state index in [-0.39, 0.29) is 18.0 Å². The smallest absolute Gasteiger partial charge is 0.276 e. The SMILES string of the molecule is Cl.FC(F)(c1ccccc1)C1CCNCC1. The molecule has 1 saturated heterocycles. The van der Waals surface area contributed by atoms with Crippen molar-refractivity contribution in [3.05, 3.63) is 35.9 Å². The highest BCUT2D eigenvalue weighted by atomic mass is 35.5. The van der Waals surface area contributed by atoms with Crippen molar-refractivity contribution in [2.24, 2.45) is 5.92 Å². The van der Waals surface area contributed by atoms with Crippen molar-refractivity contribution in [2.75, 3.05) is 13.1 Å². The van der Waals surface area contributed by atoms with Gasteiger partial charge in [-0.1, -0.05) is 30.3 Å². The summed E-state index contributed by atoms with van der Waals surface area (Å²) in [5.74, 6) is -3.19.